The van der Waals surface area contributed by atoms with E-state index in [0.717, 1.165) is 13.1 Å². The van der Waals surface area contributed by atoms with Gasteiger partial charge in [0.25, 0.3) is 0 Å². The van der Waals surface area contributed by atoms with Crippen LogP contribution in [0.5, 0.6) is 0 Å². The predicted octanol–water partition coefficient (Wildman–Crippen LogP) is 1.70. The summed E-state index contributed by atoms with van der Waals surface area (Å²) in [6.45, 7) is 8.81. The number of hydrogen-bond acceptors (Lipinski definition) is 2. The standard InChI is InChI=1S/C10H24N2/c1-5-7-12(4)8-10(11)9(3)6-2/h9-10H,5-8,11H2,1-4H3/t9-,10-/m0/s1. The SMILES string of the molecule is CCCN(C)C[C@H](N)[C@@H](C)CC. The maximum absolute atomic E-state index is 6.02. The fourth-order valence-corrected chi connectivity index (χ4v) is 1.32. The zero-order valence-electron chi connectivity index (χ0n) is 9.01. The van der Waals surface area contributed by atoms with Crippen molar-refractivity contribution in [2.75, 3.05) is 20.1 Å². The first kappa shape index (κ1) is 11.9. The van der Waals surface area contributed by atoms with Gasteiger partial charge in [0, 0.05) is 12.6 Å². The first-order chi connectivity index (χ1) is 5.61. The Kier molecular flexibility index (Phi) is 6.39. The Hall–Kier alpha value is -0.0800. The van der Waals surface area contributed by atoms with E-state index in [4.69, 9.17) is 5.73 Å². The lowest BCUT2D eigenvalue weighted by atomic mass is 10.00. The number of nitrogens with two attached hydrogens (primary N) is 1. The molecule has 0 radical (unpaired) electrons. The Labute approximate surface area is 77.1 Å². The molecule has 0 heterocycles. The summed E-state index contributed by atoms with van der Waals surface area (Å²) in [5.41, 5.74) is 6.02. The van der Waals surface area contributed by atoms with Crippen LogP contribution >= 0.6 is 0 Å². The third-order valence-electron chi connectivity index (χ3n) is 2.50. The van der Waals surface area contributed by atoms with E-state index in [2.05, 4.69) is 32.7 Å². The Bertz CT molecular complexity index is 104. The molecule has 0 rings (SSSR count). The van der Waals surface area contributed by atoms with Crippen LogP contribution in [-0.2, 0) is 0 Å². The number of nitrogens with zero attached hydrogens (tertiary/aromatic N) is 1. The van der Waals surface area contributed by atoms with Crippen LogP contribution in [0.3, 0.4) is 0 Å². The van der Waals surface area contributed by atoms with Gasteiger partial charge in [-0.1, -0.05) is 27.2 Å². The molecule has 0 aromatic carbocycles. The van der Waals surface area contributed by atoms with Crippen LogP contribution in [0.15, 0.2) is 0 Å². The largest absolute Gasteiger partial charge is 0.326 e. The fraction of sp³-hybridized carbons (Fsp3) is 1.00. The normalized spacial score (nSPS) is 16.5. The van der Waals surface area contributed by atoms with Crippen LogP contribution in [0, 0.1) is 5.92 Å². The molecular formula is C10H24N2. The summed E-state index contributed by atoms with van der Waals surface area (Å²) in [5, 5.41) is 0. The van der Waals surface area contributed by atoms with Gasteiger partial charge in [-0.2, -0.15) is 0 Å². The molecule has 0 fully saturated rings. The highest BCUT2D eigenvalue weighted by molar-refractivity contribution is 4.71. The molecule has 12 heavy (non-hydrogen) atoms. The number of likely N-dealkylation sites (N-methyl/N-ethyl adjacent to an activating group) is 1. The van der Waals surface area contributed by atoms with Gasteiger partial charge in [-0.15, -0.1) is 0 Å². The molecule has 0 aliphatic carbocycles. The average molecular weight is 172 g/mol. The molecule has 0 spiro atoms. The molecule has 2 N–H and O–H groups in total. The van der Waals surface area contributed by atoms with Gasteiger partial charge in [0.05, 0.1) is 0 Å². The van der Waals surface area contributed by atoms with E-state index >= 15 is 0 Å². The Morgan fingerprint density at radius 1 is 1.33 bits per heavy atom. The van der Waals surface area contributed by atoms with Gasteiger partial charge < -0.3 is 10.6 Å². The molecule has 0 aromatic rings. The number of hydrogen-bond donors (Lipinski definition) is 1. The van der Waals surface area contributed by atoms with Crippen molar-refractivity contribution in [3.63, 3.8) is 0 Å². The van der Waals surface area contributed by atoms with E-state index in [0.29, 0.717) is 12.0 Å². The van der Waals surface area contributed by atoms with Crippen LogP contribution in [0.1, 0.15) is 33.6 Å². The Balaban J connectivity index is 3.59. The van der Waals surface area contributed by atoms with Crippen molar-refractivity contribution in [2.45, 2.75) is 39.7 Å². The highest BCUT2D eigenvalue weighted by atomic mass is 15.1. The van der Waals surface area contributed by atoms with Crippen molar-refractivity contribution in [1.82, 2.24) is 4.90 Å². The third kappa shape index (κ3) is 4.73. The van der Waals surface area contributed by atoms with Crippen molar-refractivity contribution in [3.05, 3.63) is 0 Å². The van der Waals surface area contributed by atoms with Crippen LogP contribution in [-0.4, -0.2) is 31.1 Å². The quantitative estimate of drug-likeness (QED) is 0.661. The minimum absolute atomic E-state index is 0.339. The first-order valence-electron chi connectivity index (χ1n) is 5.05. The lowest BCUT2D eigenvalue weighted by molar-refractivity contribution is 0.274. The van der Waals surface area contributed by atoms with E-state index in [1.807, 2.05) is 0 Å². The first-order valence-corrected chi connectivity index (χ1v) is 5.05. The van der Waals surface area contributed by atoms with Crippen molar-refractivity contribution < 1.29 is 0 Å². The zero-order valence-corrected chi connectivity index (χ0v) is 9.01. The van der Waals surface area contributed by atoms with Gasteiger partial charge in [0.1, 0.15) is 0 Å². The van der Waals surface area contributed by atoms with E-state index < -0.39 is 0 Å². The molecule has 0 aliphatic rings. The van der Waals surface area contributed by atoms with Crippen molar-refractivity contribution >= 4 is 0 Å². The molecule has 0 bridgehead atoms. The summed E-state index contributed by atoms with van der Waals surface area (Å²) >= 11 is 0. The second-order valence-corrected chi connectivity index (χ2v) is 3.81. The lowest BCUT2D eigenvalue weighted by Crippen LogP contribution is -2.39. The molecule has 2 atom stereocenters. The van der Waals surface area contributed by atoms with Gasteiger partial charge in [-0.05, 0) is 25.9 Å². The van der Waals surface area contributed by atoms with Gasteiger partial charge in [0.2, 0.25) is 0 Å². The highest BCUT2D eigenvalue weighted by Gasteiger charge is 2.11. The Morgan fingerprint density at radius 2 is 1.92 bits per heavy atom. The van der Waals surface area contributed by atoms with Gasteiger partial charge in [-0.25, -0.2) is 0 Å². The minimum Gasteiger partial charge on any atom is -0.326 e. The molecule has 2 heteroatoms. The minimum atomic E-state index is 0.339. The molecule has 0 saturated carbocycles. The van der Waals surface area contributed by atoms with Crippen LogP contribution in [0.4, 0.5) is 0 Å². The average Bonchev–Trinajstić information content (AvgIpc) is 2.03. The fourth-order valence-electron chi connectivity index (χ4n) is 1.32. The molecular weight excluding hydrogens is 148 g/mol. The van der Waals surface area contributed by atoms with E-state index in [-0.39, 0.29) is 0 Å². The molecule has 0 saturated heterocycles. The van der Waals surface area contributed by atoms with Crippen LogP contribution < -0.4 is 5.73 Å². The second-order valence-electron chi connectivity index (χ2n) is 3.81. The summed E-state index contributed by atoms with van der Waals surface area (Å²) in [4.78, 5) is 2.32. The molecule has 0 aromatic heterocycles. The molecule has 74 valence electrons. The molecule has 2 nitrogen and oxygen atoms in total. The summed E-state index contributed by atoms with van der Waals surface area (Å²) in [7, 11) is 2.14. The van der Waals surface area contributed by atoms with Crippen LogP contribution in [0.25, 0.3) is 0 Å². The molecule has 0 aliphatic heterocycles. The summed E-state index contributed by atoms with van der Waals surface area (Å²) in [6.07, 6.45) is 2.39. The summed E-state index contributed by atoms with van der Waals surface area (Å²) in [5.74, 6) is 0.643. The van der Waals surface area contributed by atoms with Gasteiger partial charge in [0.15, 0.2) is 0 Å². The maximum Gasteiger partial charge on any atom is 0.0193 e. The monoisotopic (exact) mass is 172 g/mol. The van der Waals surface area contributed by atoms with E-state index in [1.165, 1.54) is 12.8 Å². The van der Waals surface area contributed by atoms with Crippen molar-refractivity contribution in [1.29, 1.82) is 0 Å². The predicted molar refractivity (Wildman–Crippen MR) is 55.2 cm³/mol. The summed E-state index contributed by atoms with van der Waals surface area (Å²) < 4.78 is 0. The van der Waals surface area contributed by atoms with Crippen molar-refractivity contribution in [3.8, 4) is 0 Å². The van der Waals surface area contributed by atoms with E-state index in [9.17, 15) is 0 Å². The highest BCUT2D eigenvalue weighted by Crippen LogP contribution is 2.06. The zero-order chi connectivity index (χ0) is 9.56. The van der Waals surface area contributed by atoms with Crippen LogP contribution in [0.2, 0.25) is 0 Å². The van der Waals surface area contributed by atoms with Gasteiger partial charge >= 0.3 is 0 Å². The van der Waals surface area contributed by atoms with Gasteiger partial charge in [-0.3, -0.25) is 0 Å². The van der Waals surface area contributed by atoms with E-state index in [1.54, 1.807) is 0 Å². The molecule has 0 unspecified atom stereocenters. The number of rotatable bonds is 6. The lowest BCUT2D eigenvalue weighted by Gasteiger charge is -2.24. The molecule has 0 amide bonds. The smallest absolute Gasteiger partial charge is 0.0193 e. The Morgan fingerprint density at radius 3 is 2.33 bits per heavy atom. The summed E-state index contributed by atoms with van der Waals surface area (Å²) in [6, 6.07) is 0.339. The topological polar surface area (TPSA) is 29.3 Å². The second kappa shape index (κ2) is 6.44. The van der Waals surface area contributed by atoms with Crippen molar-refractivity contribution in [2.24, 2.45) is 11.7 Å². The maximum atomic E-state index is 6.02. The third-order valence-corrected chi connectivity index (χ3v) is 2.50.